The molecule has 0 aliphatic carbocycles. The molecule has 7 nitrogen and oxygen atoms in total. The van der Waals surface area contributed by atoms with Crippen molar-refractivity contribution >= 4 is 35.0 Å². The molecule has 0 aromatic heterocycles. The summed E-state index contributed by atoms with van der Waals surface area (Å²) in [6.07, 6.45) is 0.805. The zero-order valence-electron chi connectivity index (χ0n) is 19.2. The van der Waals surface area contributed by atoms with Gasteiger partial charge in [-0.25, -0.2) is 0 Å². The van der Waals surface area contributed by atoms with Crippen LogP contribution in [-0.2, 0) is 6.54 Å². The predicted octanol–water partition coefficient (Wildman–Crippen LogP) is 4.15. The summed E-state index contributed by atoms with van der Waals surface area (Å²) in [4.78, 5) is 41.4. The van der Waals surface area contributed by atoms with Gasteiger partial charge in [0.2, 0.25) is 0 Å². The molecular weight excluding hydrogens is 466 g/mol. The van der Waals surface area contributed by atoms with Crippen LogP contribution in [0.1, 0.15) is 43.1 Å². The molecule has 1 N–H and O–H groups in total. The lowest BCUT2D eigenvalue weighted by atomic mass is 10.1. The largest absolute Gasteiger partial charge is 0.495 e. The van der Waals surface area contributed by atoms with Gasteiger partial charge in [-0.05, 0) is 54.4 Å². The van der Waals surface area contributed by atoms with Gasteiger partial charge in [0.25, 0.3) is 17.7 Å². The van der Waals surface area contributed by atoms with Gasteiger partial charge in [0.1, 0.15) is 5.75 Å². The maximum Gasteiger partial charge on any atom is 0.261 e. The quantitative estimate of drug-likeness (QED) is 0.526. The second kappa shape index (κ2) is 9.43. The summed E-state index contributed by atoms with van der Waals surface area (Å²) < 4.78 is 5.46. The van der Waals surface area contributed by atoms with E-state index in [1.807, 2.05) is 12.1 Å². The molecule has 1 unspecified atom stereocenters. The molecule has 35 heavy (non-hydrogen) atoms. The average Bonchev–Trinajstić information content (AvgIpc) is 3.43. The number of amides is 3. The summed E-state index contributed by atoms with van der Waals surface area (Å²) in [5.41, 5.74) is 3.06. The SMILES string of the molecule is COc1ccc(Cl)cc1N1CCC(NC(=O)c2ccc(CN3C(=O)c4ccccc4C3=O)cc2)C1. The van der Waals surface area contributed by atoms with Crippen LogP contribution in [0.4, 0.5) is 5.69 Å². The van der Waals surface area contributed by atoms with Crippen molar-refractivity contribution in [3.8, 4) is 5.75 Å². The maximum atomic E-state index is 12.8. The minimum absolute atomic E-state index is 0.00999. The summed E-state index contributed by atoms with van der Waals surface area (Å²) in [5.74, 6) is -0.0127. The topological polar surface area (TPSA) is 79.0 Å². The van der Waals surface area contributed by atoms with Crippen molar-refractivity contribution in [1.29, 1.82) is 0 Å². The Hall–Kier alpha value is -3.84. The Balaban J connectivity index is 1.20. The Bertz CT molecular complexity index is 1270. The number of nitrogens with one attached hydrogen (secondary N) is 1. The van der Waals surface area contributed by atoms with Gasteiger partial charge in [-0.1, -0.05) is 35.9 Å². The fraction of sp³-hybridized carbons (Fsp3) is 0.222. The number of fused-ring (bicyclic) bond motifs is 1. The number of anilines is 1. The normalized spacial score (nSPS) is 17.0. The van der Waals surface area contributed by atoms with Gasteiger partial charge in [0.15, 0.2) is 0 Å². The fourth-order valence-corrected chi connectivity index (χ4v) is 4.77. The Morgan fingerprint density at radius 3 is 2.37 bits per heavy atom. The van der Waals surface area contributed by atoms with E-state index in [4.69, 9.17) is 16.3 Å². The van der Waals surface area contributed by atoms with Crippen LogP contribution in [0.2, 0.25) is 5.02 Å². The van der Waals surface area contributed by atoms with Crippen LogP contribution in [0.5, 0.6) is 5.75 Å². The highest BCUT2D eigenvalue weighted by atomic mass is 35.5. The molecule has 5 rings (SSSR count). The number of carbonyl (C=O) groups excluding carboxylic acids is 3. The number of hydrogen-bond donors (Lipinski definition) is 1. The van der Waals surface area contributed by atoms with Gasteiger partial charge in [-0.3, -0.25) is 19.3 Å². The Labute approximate surface area is 208 Å². The molecule has 0 spiro atoms. The van der Waals surface area contributed by atoms with Crippen LogP contribution in [0, 0.1) is 0 Å². The van der Waals surface area contributed by atoms with Gasteiger partial charge >= 0.3 is 0 Å². The summed E-state index contributed by atoms with van der Waals surface area (Å²) in [6, 6.07) is 19.3. The molecular formula is C27H24ClN3O4. The zero-order chi connectivity index (χ0) is 24.5. The highest BCUT2D eigenvalue weighted by Gasteiger charge is 2.35. The predicted molar refractivity (Wildman–Crippen MR) is 133 cm³/mol. The summed E-state index contributed by atoms with van der Waals surface area (Å²) >= 11 is 6.17. The van der Waals surface area contributed by atoms with Crippen LogP contribution in [0.25, 0.3) is 0 Å². The molecule has 0 bridgehead atoms. The van der Waals surface area contributed by atoms with Crippen LogP contribution in [0.3, 0.4) is 0 Å². The van der Waals surface area contributed by atoms with Crippen molar-refractivity contribution in [2.75, 3.05) is 25.1 Å². The molecule has 1 atom stereocenters. The van der Waals surface area contributed by atoms with Crippen molar-refractivity contribution in [2.24, 2.45) is 0 Å². The highest BCUT2D eigenvalue weighted by Crippen LogP contribution is 2.33. The second-order valence-electron chi connectivity index (χ2n) is 8.66. The standard InChI is InChI=1S/C27H24ClN3O4/c1-35-24-11-10-19(28)14-23(24)30-13-12-20(16-30)29-25(32)18-8-6-17(7-9-18)15-31-26(33)21-4-2-3-5-22(21)27(31)34/h2-11,14,20H,12-13,15-16H2,1H3,(H,29,32). The smallest absolute Gasteiger partial charge is 0.261 e. The van der Waals surface area contributed by atoms with Crippen LogP contribution in [0.15, 0.2) is 66.7 Å². The molecule has 3 amide bonds. The van der Waals surface area contributed by atoms with Gasteiger partial charge in [-0.15, -0.1) is 0 Å². The molecule has 2 aliphatic heterocycles. The van der Waals surface area contributed by atoms with Crippen molar-refractivity contribution in [1.82, 2.24) is 10.2 Å². The van der Waals surface area contributed by atoms with E-state index in [9.17, 15) is 14.4 Å². The van der Waals surface area contributed by atoms with Crippen LogP contribution >= 0.6 is 11.6 Å². The lowest BCUT2D eigenvalue weighted by molar-refractivity contribution is 0.0641. The average molecular weight is 490 g/mol. The van der Waals surface area contributed by atoms with Crippen molar-refractivity contribution in [3.63, 3.8) is 0 Å². The molecule has 0 radical (unpaired) electrons. The van der Waals surface area contributed by atoms with E-state index < -0.39 is 0 Å². The number of benzene rings is 3. The maximum absolute atomic E-state index is 12.8. The molecule has 0 saturated carbocycles. The molecule has 8 heteroatoms. The van der Waals surface area contributed by atoms with E-state index in [0.29, 0.717) is 28.3 Å². The molecule has 3 aromatic rings. The van der Waals surface area contributed by atoms with Gasteiger partial charge in [-0.2, -0.15) is 0 Å². The first kappa shape index (κ1) is 22.9. The molecule has 3 aromatic carbocycles. The van der Waals surface area contributed by atoms with E-state index in [0.717, 1.165) is 30.0 Å². The van der Waals surface area contributed by atoms with Crippen LogP contribution in [-0.4, -0.2) is 48.9 Å². The zero-order valence-corrected chi connectivity index (χ0v) is 19.9. The Morgan fingerprint density at radius 2 is 1.71 bits per heavy atom. The lowest BCUT2D eigenvalue weighted by Gasteiger charge is -2.22. The molecule has 2 aliphatic rings. The number of methoxy groups -OCH3 is 1. The number of carbonyl (C=O) groups is 3. The van der Waals surface area contributed by atoms with E-state index in [-0.39, 0.29) is 30.3 Å². The molecule has 1 saturated heterocycles. The Morgan fingerprint density at radius 1 is 1.03 bits per heavy atom. The number of hydrogen-bond acceptors (Lipinski definition) is 5. The fourth-order valence-electron chi connectivity index (χ4n) is 4.60. The number of halogens is 1. The first-order valence-electron chi connectivity index (χ1n) is 11.4. The second-order valence-corrected chi connectivity index (χ2v) is 9.10. The van der Waals surface area contributed by atoms with Gasteiger partial charge < -0.3 is 15.0 Å². The van der Waals surface area contributed by atoms with Gasteiger partial charge in [0, 0.05) is 29.7 Å². The van der Waals surface area contributed by atoms with Gasteiger partial charge in [0.05, 0.1) is 30.5 Å². The number of rotatable bonds is 6. The van der Waals surface area contributed by atoms with Crippen molar-refractivity contribution in [3.05, 3.63) is 94.0 Å². The van der Waals surface area contributed by atoms with E-state index in [1.165, 1.54) is 4.90 Å². The first-order valence-corrected chi connectivity index (χ1v) is 11.8. The van der Waals surface area contributed by atoms with Crippen molar-refractivity contribution < 1.29 is 19.1 Å². The summed E-state index contributed by atoms with van der Waals surface area (Å²) in [6.45, 7) is 1.59. The van der Waals surface area contributed by atoms with Crippen molar-refractivity contribution in [2.45, 2.75) is 19.0 Å². The minimum Gasteiger partial charge on any atom is -0.495 e. The Kier molecular flexibility index (Phi) is 6.17. The van der Waals surface area contributed by atoms with E-state index in [2.05, 4.69) is 10.2 Å². The molecule has 178 valence electrons. The monoisotopic (exact) mass is 489 g/mol. The summed E-state index contributed by atoms with van der Waals surface area (Å²) in [5, 5.41) is 3.73. The minimum atomic E-state index is -0.297. The number of ether oxygens (including phenoxy) is 1. The highest BCUT2D eigenvalue weighted by molar-refractivity contribution is 6.31. The first-order chi connectivity index (χ1) is 16.9. The third-order valence-electron chi connectivity index (χ3n) is 6.44. The van der Waals surface area contributed by atoms with E-state index in [1.54, 1.807) is 61.7 Å². The van der Waals surface area contributed by atoms with Crippen LogP contribution < -0.4 is 15.0 Å². The molecule has 2 heterocycles. The number of nitrogens with zero attached hydrogens (tertiary/aromatic N) is 2. The van der Waals surface area contributed by atoms with E-state index >= 15 is 0 Å². The third kappa shape index (κ3) is 4.47. The lowest BCUT2D eigenvalue weighted by Crippen LogP contribution is -2.37. The third-order valence-corrected chi connectivity index (χ3v) is 6.68. The number of imide groups is 1. The molecule has 1 fully saturated rings. The summed E-state index contributed by atoms with van der Waals surface area (Å²) in [7, 11) is 1.63.